The van der Waals surface area contributed by atoms with E-state index in [2.05, 4.69) is 20.6 Å². The smallest absolute Gasteiger partial charge is 0.254 e. The summed E-state index contributed by atoms with van der Waals surface area (Å²) in [5, 5.41) is 14.0. The molecule has 1 aromatic heterocycles. The summed E-state index contributed by atoms with van der Waals surface area (Å²) in [4.78, 5) is 14.9. The molecule has 1 saturated heterocycles. The molecular weight excluding hydrogens is 344 g/mol. The Morgan fingerprint density at radius 2 is 1.96 bits per heavy atom. The highest BCUT2D eigenvalue weighted by Crippen LogP contribution is 2.30. The van der Waals surface area contributed by atoms with Gasteiger partial charge in [-0.25, -0.2) is 0 Å². The minimum absolute atomic E-state index is 0.0807. The number of H-pyrrole nitrogens is 1. The first-order chi connectivity index (χ1) is 13.2. The molecule has 4 rings (SSSR count). The van der Waals surface area contributed by atoms with E-state index in [1.165, 1.54) is 0 Å². The van der Waals surface area contributed by atoms with Crippen molar-refractivity contribution in [3.05, 3.63) is 59.7 Å². The summed E-state index contributed by atoms with van der Waals surface area (Å²) >= 11 is 0. The predicted octanol–water partition coefficient (Wildman–Crippen LogP) is 1.44. The van der Waals surface area contributed by atoms with Gasteiger partial charge in [0.2, 0.25) is 5.82 Å². The van der Waals surface area contributed by atoms with Crippen LogP contribution in [0.3, 0.4) is 0 Å². The lowest BCUT2D eigenvalue weighted by Crippen LogP contribution is -2.32. The quantitative estimate of drug-likeness (QED) is 0.725. The first-order valence-electron chi connectivity index (χ1n) is 8.69. The molecule has 1 aliphatic heterocycles. The zero-order valence-electron chi connectivity index (χ0n) is 14.9. The minimum atomic E-state index is -0.125. The van der Waals surface area contributed by atoms with Crippen molar-refractivity contribution in [3.8, 4) is 17.1 Å². The number of tetrazole rings is 1. The van der Waals surface area contributed by atoms with Crippen molar-refractivity contribution in [2.24, 2.45) is 5.73 Å². The van der Waals surface area contributed by atoms with Crippen LogP contribution in [0, 0.1) is 0 Å². The number of carbonyl (C=O) groups excluding carboxylic acids is 1. The number of hydrogen-bond acceptors (Lipinski definition) is 6. The maximum Gasteiger partial charge on any atom is 0.254 e. The summed E-state index contributed by atoms with van der Waals surface area (Å²) < 4.78 is 5.21. The van der Waals surface area contributed by atoms with E-state index >= 15 is 0 Å². The normalized spacial score (nSPS) is 19.3. The van der Waals surface area contributed by atoms with E-state index in [1.54, 1.807) is 18.1 Å². The topological polar surface area (TPSA) is 110 Å². The molecular formula is C19H20N6O2. The first-order valence-corrected chi connectivity index (χ1v) is 8.69. The number of methoxy groups -OCH3 is 1. The number of aromatic amines is 1. The second-order valence-electron chi connectivity index (χ2n) is 6.53. The Bertz CT molecular complexity index is 926. The van der Waals surface area contributed by atoms with Crippen LogP contribution >= 0.6 is 0 Å². The summed E-state index contributed by atoms with van der Waals surface area (Å²) in [5.74, 6) is 1.19. The van der Waals surface area contributed by atoms with Gasteiger partial charge in [0.25, 0.3) is 5.91 Å². The summed E-state index contributed by atoms with van der Waals surface area (Å²) in [6, 6.07) is 15.0. The lowest BCUT2D eigenvalue weighted by atomic mass is 9.95. The van der Waals surface area contributed by atoms with Gasteiger partial charge in [-0.05, 0) is 29.0 Å². The fourth-order valence-electron chi connectivity index (χ4n) is 3.51. The van der Waals surface area contributed by atoms with Crippen LogP contribution in [-0.2, 0) is 0 Å². The van der Waals surface area contributed by atoms with Crippen LogP contribution in [0.2, 0.25) is 0 Å². The molecule has 8 nitrogen and oxygen atoms in total. The molecule has 1 amide bonds. The molecule has 3 N–H and O–H groups in total. The Labute approximate surface area is 156 Å². The number of aromatic nitrogens is 4. The Kier molecular flexibility index (Phi) is 4.55. The molecule has 2 aromatic carbocycles. The van der Waals surface area contributed by atoms with Gasteiger partial charge in [-0.1, -0.05) is 30.3 Å². The fourth-order valence-corrected chi connectivity index (χ4v) is 3.51. The number of hydrogen-bond donors (Lipinski definition) is 2. The predicted molar refractivity (Wildman–Crippen MR) is 99.2 cm³/mol. The standard InChI is InChI=1S/C19H20N6O2/c1-27-13-8-6-12(7-9-13)16-10-25(11-17(16)20)19(26)15-5-3-2-4-14(15)18-21-23-24-22-18/h2-9,16-17H,10-11,20H2,1H3,(H,21,22,23,24)/t16-,17+/m1/s1. The Balaban J connectivity index is 1.57. The SMILES string of the molecule is COc1ccc([C@H]2CN(C(=O)c3ccccc3-c3nn[nH]n3)C[C@@H]2N)cc1. The van der Waals surface area contributed by atoms with Crippen molar-refractivity contribution in [2.75, 3.05) is 20.2 Å². The van der Waals surface area contributed by atoms with Gasteiger partial charge in [0.15, 0.2) is 0 Å². The molecule has 0 bridgehead atoms. The van der Waals surface area contributed by atoms with Gasteiger partial charge >= 0.3 is 0 Å². The summed E-state index contributed by atoms with van der Waals surface area (Å²) in [6.45, 7) is 1.06. The lowest BCUT2D eigenvalue weighted by Gasteiger charge is -2.18. The second kappa shape index (κ2) is 7.16. The van der Waals surface area contributed by atoms with Gasteiger partial charge in [0.05, 0.1) is 12.7 Å². The van der Waals surface area contributed by atoms with Crippen LogP contribution in [0.4, 0.5) is 0 Å². The van der Waals surface area contributed by atoms with Crippen LogP contribution in [0.5, 0.6) is 5.75 Å². The van der Waals surface area contributed by atoms with E-state index in [4.69, 9.17) is 10.5 Å². The molecule has 0 spiro atoms. The number of nitrogens with two attached hydrogens (primary N) is 1. The van der Waals surface area contributed by atoms with Crippen LogP contribution in [0.15, 0.2) is 48.5 Å². The molecule has 3 aromatic rings. The lowest BCUT2D eigenvalue weighted by molar-refractivity contribution is 0.0790. The van der Waals surface area contributed by atoms with E-state index in [-0.39, 0.29) is 17.9 Å². The van der Waals surface area contributed by atoms with Gasteiger partial charge < -0.3 is 15.4 Å². The summed E-state index contributed by atoms with van der Waals surface area (Å²) in [7, 11) is 1.64. The number of amides is 1. The maximum atomic E-state index is 13.2. The molecule has 0 radical (unpaired) electrons. The average Bonchev–Trinajstić information content (AvgIpc) is 3.37. The minimum Gasteiger partial charge on any atom is -0.497 e. The Morgan fingerprint density at radius 1 is 1.19 bits per heavy atom. The number of rotatable bonds is 4. The van der Waals surface area contributed by atoms with Gasteiger partial charge in [-0.15, -0.1) is 10.2 Å². The highest BCUT2D eigenvalue weighted by molar-refractivity contribution is 6.00. The molecule has 0 aliphatic carbocycles. The van der Waals surface area contributed by atoms with E-state index in [0.717, 1.165) is 11.3 Å². The summed E-state index contributed by atoms with van der Waals surface area (Å²) in [6.07, 6.45) is 0. The number of nitrogens with zero attached hydrogens (tertiary/aromatic N) is 4. The largest absolute Gasteiger partial charge is 0.497 e. The zero-order chi connectivity index (χ0) is 18.8. The van der Waals surface area contributed by atoms with E-state index < -0.39 is 0 Å². The van der Waals surface area contributed by atoms with Gasteiger partial charge in [-0.2, -0.15) is 5.21 Å². The molecule has 1 fully saturated rings. The molecule has 2 atom stereocenters. The number of nitrogens with one attached hydrogen (secondary N) is 1. The Hall–Kier alpha value is -3.26. The van der Waals surface area contributed by atoms with Crippen LogP contribution in [0.25, 0.3) is 11.4 Å². The third-order valence-electron chi connectivity index (χ3n) is 4.94. The molecule has 1 aliphatic rings. The average molecular weight is 364 g/mol. The van der Waals surface area contributed by atoms with Crippen molar-refractivity contribution in [3.63, 3.8) is 0 Å². The number of carbonyl (C=O) groups is 1. The third kappa shape index (κ3) is 3.26. The molecule has 138 valence electrons. The third-order valence-corrected chi connectivity index (χ3v) is 4.94. The van der Waals surface area contributed by atoms with Crippen LogP contribution in [-0.4, -0.2) is 57.7 Å². The molecule has 27 heavy (non-hydrogen) atoms. The first kappa shape index (κ1) is 17.2. The Morgan fingerprint density at radius 3 is 2.67 bits per heavy atom. The highest BCUT2D eigenvalue weighted by Gasteiger charge is 2.35. The van der Waals surface area contributed by atoms with E-state index in [0.29, 0.717) is 30.0 Å². The van der Waals surface area contributed by atoms with E-state index in [1.807, 2.05) is 42.5 Å². The van der Waals surface area contributed by atoms with Gasteiger partial charge in [-0.3, -0.25) is 4.79 Å². The van der Waals surface area contributed by atoms with Crippen molar-refractivity contribution < 1.29 is 9.53 Å². The van der Waals surface area contributed by atoms with Gasteiger partial charge in [0, 0.05) is 30.6 Å². The maximum absolute atomic E-state index is 13.2. The zero-order valence-corrected chi connectivity index (χ0v) is 14.9. The second-order valence-corrected chi connectivity index (χ2v) is 6.53. The van der Waals surface area contributed by atoms with Crippen LogP contribution in [0.1, 0.15) is 21.8 Å². The molecule has 2 heterocycles. The van der Waals surface area contributed by atoms with Crippen LogP contribution < -0.4 is 10.5 Å². The number of benzene rings is 2. The monoisotopic (exact) mass is 364 g/mol. The van der Waals surface area contributed by atoms with Crippen molar-refractivity contribution >= 4 is 5.91 Å². The van der Waals surface area contributed by atoms with Crippen molar-refractivity contribution in [2.45, 2.75) is 12.0 Å². The molecule has 8 heteroatoms. The van der Waals surface area contributed by atoms with E-state index in [9.17, 15) is 4.79 Å². The number of ether oxygens (including phenoxy) is 1. The van der Waals surface area contributed by atoms with Crippen molar-refractivity contribution in [1.82, 2.24) is 25.5 Å². The van der Waals surface area contributed by atoms with Crippen molar-refractivity contribution in [1.29, 1.82) is 0 Å². The molecule has 0 saturated carbocycles. The number of likely N-dealkylation sites (tertiary alicyclic amines) is 1. The van der Waals surface area contributed by atoms with Gasteiger partial charge in [0.1, 0.15) is 5.75 Å². The highest BCUT2D eigenvalue weighted by atomic mass is 16.5. The fraction of sp³-hybridized carbons (Fsp3) is 0.263. The summed E-state index contributed by atoms with van der Waals surface area (Å²) in [5.41, 5.74) is 8.65. The molecule has 0 unspecified atom stereocenters.